The van der Waals surface area contributed by atoms with Crippen LogP contribution in [0.5, 0.6) is 0 Å². The van der Waals surface area contributed by atoms with Crippen molar-refractivity contribution >= 4 is 11.4 Å². The predicted molar refractivity (Wildman–Crippen MR) is 56.5 cm³/mol. The van der Waals surface area contributed by atoms with Crippen LogP contribution in [-0.2, 0) is 0 Å². The zero-order valence-corrected chi connectivity index (χ0v) is 8.72. The van der Waals surface area contributed by atoms with Crippen LogP contribution in [0.1, 0.15) is 40.0 Å². The third-order valence-electron chi connectivity index (χ3n) is 2.01. The molecule has 0 aromatic heterocycles. The van der Waals surface area contributed by atoms with Crippen molar-refractivity contribution in [2.75, 3.05) is 13.6 Å². The molecule has 0 aliphatic carbocycles. The van der Waals surface area contributed by atoms with E-state index < -0.39 is 0 Å². The molecule has 70 valence electrons. The first-order chi connectivity index (χ1) is 5.74. The monoisotopic (exact) mass is 168 g/mol. The maximum atomic E-state index is 4.48. The van der Waals surface area contributed by atoms with Gasteiger partial charge in [0.15, 0.2) is 0 Å². The summed E-state index contributed by atoms with van der Waals surface area (Å²) in [6.45, 7) is 7.26. The summed E-state index contributed by atoms with van der Waals surface area (Å²) in [6, 6.07) is 0. The van der Waals surface area contributed by atoms with Crippen LogP contribution < -0.4 is 0 Å². The highest BCUT2D eigenvalue weighted by Gasteiger charge is 1.92. The lowest BCUT2D eigenvalue weighted by molar-refractivity contribution is 0.996. The molecule has 0 saturated carbocycles. The van der Waals surface area contributed by atoms with Gasteiger partial charge in [0, 0.05) is 31.4 Å². The minimum absolute atomic E-state index is 0.903. The van der Waals surface area contributed by atoms with E-state index in [1.54, 1.807) is 0 Å². The van der Waals surface area contributed by atoms with Crippen molar-refractivity contribution < 1.29 is 0 Å². The van der Waals surface area contributed by atoms with Crippen LogP contribution in [0.2, 0.25) is 0 Å². The molecule has 0 heterocycles. The quantitative estimate of drug-likeness (QED) is 0.564. The summed E-state index contributed by atoms with van der Waals surface area (Å²) in [7, 11) is 1.83. The first-order valence-electron chi connectivity index (χ1n) is 4.69. The van der Waals surface area contributed by atoms with Gasteiger partial charge >= 0.3 is 0 Å². The van der Waals surface area contributed by atoms with Crippen molar-refractivity contribution in [2.45, 2.75) is 40.0 Å². The molecule has 0 bridgehead atoms. The highest BCUT2D eigenvalue weighted by molar-refractivity contribution is 5.85. The first kappa shape index (κ1) is 11.3. The Bertz CT molecular complexity index is 163. The molecular weight excluding hydrogens is 148 g/mol. The van der Waals surface area contributed by atoms with Gasteiger partial charge in [-0.1, -0.05) is 13.8 Å². The zero-order valence-electron chi connectivity index (χ0n) is 8.72. The molecule has 0 spiro atoms. The van der Waals surface area contributed by atoms with Crippen molar-refractivity contribution in [1.29, 1.82) is 0 Å². The highest BCUT2D eigenvalue weighted by atomic mass is 14.7. The largest absolute Gasteiger partial charge is 0.298 e. The molecule has 0 aromatic carbocycles. The van der Waals surface area contributed by atoms with Crippen molar-refractivity contribution in [3.8, 4) is 0 Å². The van der Waals surface area contributed by atoms with Crippen molar-refractivity contribution in [3.63, 3.8) is 0 Å². The van der Waals surface area contributed by atoms with Gasteiger partial charge in [0.1, 0.15) is 0 Å². The number of nitrogens with zero attached hydrogens (tertiary/aromatic N) is 2. The smallest absolute Gasteiger partial charge is 0.0440 e. The topological polar surface area (TPSA) is 24.7 Å². The van der Waals surface area contributed by atoms with Crippen molar-refractivity contribution in [2.24, 2.45) is 9.98 Å². The molecule has 0 radical (unpaired) electrons. The van der Waals surface area contributed by atoms with Crippen LogP contribution in [0.3, 0.4) is 0 Å². The molecule has 2 nitrogen and oxygen atoms in total. The Balaban J connectivity index is 3.72. The van der Waals surface area contributed by atoms with Crippen LogP contribution in [-0.4, -0.2) is 25.0 Å². The fourth-order valence-corrected chi connectivity index (χ4v) is 0.961. The summed E-state index contributed by atoms with van der Waals surface area (Å²) in [6.07, 6.45) is 3.16. The summed E-state index contributed by atoms with van der Waals surface area (Å²) >= 11 is 0. The second-order valence-electron chi connectivity index (χ2n) is 2.86. The maximum Gasteiger partial charge on any atom is 0.0440 e. The normalized spacial score (nSPS) is 11.5. The lowest BCUT2D eigenvalue weighted by atomic mass is 10.2. The van der Waals surface area contributed by atoms with Gasteiger partial charge < -0.3 is 0 Å². The number of rotatable bonds is 5. The van der Waals surface area contributed by atoms with E-state index in [0.717, 1.165) is 25.8 Å². The third-order valence-corrected chi connectivity index (χ3v) is 2.01. The Labute approximate surface area is 75.8 Å². The minimum Gasteiger partial charge on any atom is -0.298 e. The lowest BCUT2D eigenvalue weighted by Crippen LogP contribution is -1.99. The molecule has 0 fully saturated rings. The molecule has 12 heavy (non-hydrogen) atoms. The predicted octanol–water partition coefficient (Wildman–Crippen LogP) is 2.73. The molecule has 0 N–H and O–H groups in total. The minimum atomic E-state index is 0.903. The summed E-state index contributed by atoms with van der Waals surface area (Å²) in [5.41, 5.74) is 2.50. The first-order valence-corrected chi connectivity index (χ1v) is 4.69. The lowest BCUT2D eigenvalue weighted by Gasteiger charge is -1.99. The van der Waals surface area contributed by atoms with Crippen LogP contribution in [0.4, 0.5) is 0 Å². The van der Waals surface area contributed by atoms with Crippen molar-refractivity contribution in [1.82, 2.24) is 0 Å². The highest BCUT2D eigenvalue weighted by Crippen LogP contribution is 1.94. The van der Waals surface area contributed by atoms with Crippen molar-refractivity contribution in [3.05, 3.63) is 0 Å². The molecule has 0 aliphatic rings. The van der Waals surface area contributed by atoms with Crippen LogP contribution in [0.15, 0.2) is 9.98 Å². The zero-order chi connectivity index (χ0) is 9.40. The maximum absolute atomic E-state index is 4.48. The van der Waals surface area contributed by atoms with Crippen LogP contribution in [0.25, 0.3) is 0 Å². The van der Waals surface area contributed by atoms with Gasteiger partial charge in [-0.25, -0.2) is 0 Å². The van der Waals surface area contributed by atoms with E-state index in [4.69, 9.17) is 0 Å². The average Bonchev–Trinajstić information content (AvgIpc) is 2.12. The Kier molecular flexibility index (Phi) is 6.63. The summed E-state index contributed by atoms with van der Waals surface area (Å²) in [5, 5.41) is 0. The Morgan fingerprint density at radius 2 is 1.75 bits per heavy atom. The molecule has 0 rings (SSSR count). The summed E-state index contributed by atoms with van der Waals surface area (Å²) < 4.78 is 0. The summed E-state index contributed by atoms with van der Waals surface area (Å²) in [4.78, 5) is 8.57. The molecule has 2 heteroatoms. The fourth-order valence-electron chi connectivity index (χ4n) is 0.961. The number of aliphatic imine (C=N–C) groups is 2. The molecule has 0 aliphatic heterocycles. The Morgan fingerprint density at radius 1 is 1.17 bits per heavy atom. The van der Waals surface area contributed by atoms with E-state index in [2.05, 4.69) is 23.8 Å². The van der Waals surface area contributed by atoms with Crippen LogP contribution >= 0.6 is 0 Å². The van der Waals surface area contributed by atoms with Gasteiger partial charge in [0.05, 0.1) is 0 Å². The second kappa shape index (κ2) is 7.01. The number of hydrogen-bond donors (Lipinski definition) is 0. The van der Waals surface area contributed by atoms with Gasteiger partial charge in [-0.2, -0.15) is 0 Å². The van der Waals surface area contributed by atoms with Crippen LogP contribution in [0, 0.1) is 0 Å². The van der Waals surface area contributed by atoms with Gasteiger partial charge in [-0.15, -0.1) is 0 Å². The summed E-state index contributed by atoms with van der Waals surface area (Å²) in [5.74, 6) is 0. The Morgan fingerprint density at radius 3 is 2.17 bits per heavy atom. The average molecular weight is 168 g/mol. The Hall–Kier alpha value is -0.660. The van der Waals surface area contributed by atoms with E-state index in [-0.39, 0.29) is 0 Å². The molecule has 0 aromatic rings. The van der Waals surface area contributed by atoms with Gasteiger partial charge in [-0.05, 0) is 19.8 Å². The molecule has 0 saturated heterocycles. The SMILES string of the molecule is CCC(CC)=NCCC(C)=NC. The molecule has 0 unspecified atom stereocenters. The standard InChI is InChI=1S/C10H20N2/c1-5-10(6-2)12-8-7-9(3)11-4/h5-8H2,1-4H3. The molecule has 0 amide bonds. The van der Waals surface area contributed by atoms with E-state index in [1.807, 2.05) is 14.0 Å². The third kappa shape index (κ3) is 5.05. The van der Waals surface area contributed by atoms with E-state index >= 15 is 0 Å². The van der Waals surface area contributed by atoms with E-state index in [0.29, 0.717) is 0 Å². The molecular formula is C10H20N2. The van der Waals surface area contributed by atoms with Gasteiger partial charge in [0.25, 0.3) is 0 Å². The van der Waals surface area contributed by atoms with Gasteiger partial charge in [-0.3, -0.25) is 9.98 Å². The molecule has 0 atom stereocenters. The van der Waals surface area contributed by atoms with Gasteiger partial charge in [0.2, 0.25) is 0 Å². The van der Waals surface area contributed by atoms with E-state index in [1.165, 1.54) is 11.4 Å². The fraction of sp³-hybridized carbons (Fsp3) is 0.800. The van der Waals surface area contributed by atoms with E-state index in [9.17, 15) is 0 Å². The number of hydrogen-bond acceptors (Lipinski definition) is 2. The second-order valence-corrected chi connectivity index (χ2v) is 2.86.